The number of aliphatic hydroxyl groups excluding tert-OH is 1. The number of benzene rings is 1. The number of carbonyl (C=O) groups is 3. The summed E-state index contributed by atoms with van der Waals surface area (Å²) in [6.07, 6.45) is 9.88. The summed E-state index contributed by atoms with van der Waals surface area (Å²) in [5.41, 5.74) is 0.106. The minimum atomic E-state index is -1.39. The zero-order chi connectivity index (χ0) is 28.7. The molecular weight excluding hydrogens is 526 g/mol. The highest BCUT2D eigenvalue weighted by atomic mass is 16.6. The van der Waals surface area contributed by atoms with Gasteiger partial charge in [-0.2, -0.15) is 0 Å². The topological polar surface area (TPSA) is 127 Å². The second kappa shape index (κ2) is 11.0. The Labute approximate surface area is 238 Å². The summed E-state index contributed by atoms with van der Waals surface area (Å²) in [6.45, 7) is 4.27. The fraction of sp³-hybridized carbons (Fsp3) is 0.567. The molecule has 1 spiro atoms. The smallest absolute Gasteiger partial charge is 0.312 e. The zero-order valence-electron chi connectivity index (χ0n) is 23.5. The molecule has 2 saturated heterocycles. The Morgan fingerprint density at radius 2 is 1.98 bits per heavy atom. The molecule has 6 rings (SSSR count). The number of nitrogens with zero attached hydrogens (tertiary/aromatic N) is 5. The minimum absolute atomic E-state index is 0.0979. The van der Waals surface area contributed by atoms with Crippen LogP contribution in [0.3, 0.4) is 0 Å². The first kappa shape index (κ1) is 27.6. The zero-order valence-corrected chi connectivity index (χ0v) is 23.5. The van der Waals surface area contributed by atoms with E-state index in [2.05, 4.69) is 10.3 Å². The molecule has 41 heavy (non-hydrogen) atoms. The number of amides is 2. The molecule has 4 aliphatic heterocycles. The maximum atomic E-state index is 14.6. The molecule has 2 fully saturated rings. The van der Waals surface area contributed by atoms with Crippen molar-refractivity contribution in [1.82, 2.24) is 24.8 Å². The van der Waals surface area contributed by atoms with Gasteiger partial charge in [0, 0.05) is 6.54 Å². The first-order valence-electron chi connectivity index (χ1n) is 14.6. The number of fused-ring (bicyclic) bond motifs is 3. The fourth-order valence-corrected chi connectivity index (χ4v) is 6.88. The number of aliphatic hydroxyl groups is 1. The van der Waals surface area contributed by atoms with Gasteiger partial charge in [-0.15, -0.1) is 5.10 Å². The number of carbonyl (C=O) groups excluding carboxylic acids is 3. The van der Waals surface area contributed by atoms with Gasteiger partial charge in [0.25, 0.3) is 5.91 Å². The van der Waals surface area contributed by atoms with Crippen LogP contribution < -0.4 is 0 Å². The number of hydrogen-bond donors (Lipinski definition) is 1. The molecule has 218 valence electrons. The molecule has 1 N–H and O–H groups in total. The molecule has 1 aromatic heterocycles. The highest BCUT2D eigenvalue weighted by molar-refractivity contribution is 5.99. The second-order valence-electron chi connectivity index (χ2n) is 11.5. The van der Waals surface area contributed by atoms with E-state index in [1.165, 1.54) is 4.90 Å². The molecule has 7 atom stereocenters. The van der Waals surface area contributed by atoms with Gasteiger partial charge >= 0.3 is 5.97 Å². The molecule has 1 aromatic carbocycles. The summed E-state index contributed by atoms with van der Waals surface area (Å²) >= 11 is 0. The van der Waals surface area contributed by atoms with Crippen LogP contribution in [-0.2, 0) is 30.5 Å². The third-order valence-electron chi connectivity index (χ3n) is 9.19. The maximum absolute atomic E-state index is 14.6. The molecule has 2 aromatic rings. The Kier molecular flexibility index (Phi) is 7.41. The van der Waals surface area contributed by atoms with Gasteiger partial charge < -0.3 is 24.4 Å². The first-order valence-corrected chi connectivity index (χ1v) is 14.6. The molecule has 0 radical (unpaired) electrons. The highest BCUT2D eigenvalue weighted by Crippen LogP contribution is 2.54. The van der Waals surface area contributed by atoms with Crippen LogP contribution in [0.25, 0.3) is 11.0 Å². The lowest BCUT2D eigenvalue weighted by atomic mass is 9.78. The Morgan fingerprint density at radius 1 is 1.15 bits per heavy atom. The molecule has 5 heterocycles. The Morgan fingerprint density at radius 3 is 2.78 bits per heavy atom. The number of para-hydroxylation sites is 1. The van der Waals surface area contributed by atoms with Crippen molar-refractivity contribution in [2.24, 2.45) is 17.8 Å². The Balaban J connectivity index is 1.44. The quantitative estimate of drug-likeness (QED) is 0.418. The number of allylic oxidation sites excluding steroid dienone is 1. The van der Waals surface area contributed by atoms with Gasteiger partial charge in [-0.3, -0.25) is 14.4 Å². The number of hydrogen-bond acceptors (Lipinski definition) is 8. The largest absolute Gasteiger partial charge is 0.465 e. The monoisotopic (exact) mass is 563 g/mol. The second-order valence-corrected chi connectivity index (χ2v) is 11.5. The van der Waals surface area contributed by atoms with E-state index in [1.807, 2.05) is 56.3 Å². The van der Waals surface area contributed by atoms with Crippen molar-refractivity contribution in [2.75, 3.05) is 19.8 Å². The predicted molar refractivity (Wildman–Crippen MR) is 148 cm³/mol. The van der Waals surface area contributed by atoms with E-state index in [1.54, 1.807) is 15.7 Å². The molecule has 1 unspecified atom stereocenters. The predicted octanol–water partition coefficient (Wildman–Crippen LogP) is 2.06. The van der Waals surface area contributed by atoms with E-state index in [9.17, 15) is 19.5 Å². The van der Waals surface area contributed by atoms with E-state index in [-0.39, 0.29) is 44.2 Å². The Bertz CT molecular complexity index is 1390. The van der Waals surface area contributed by atoms with Gasteiger partial charge in [-0.25, -0.2) is 4.68 Å². The third-order valence-corrected chi connectivity index (χ3v) is 9.19. The summed E-state index contributed by atoms with van der Waals surface area (Å²) in [4.78, 5) is 45.6. The van der Waals surface area contributed by atoms with Crippen LogP contribution in [0.4, 0.5) is 0 Å². The SMILES string of the molecule is CC[C@H](C)[C@H](CO)N1C(=O)[C@@H]2[C@@H]3C(=O)OCCCC/C=C\[C@@H]3O[C@@]23C=CCN(Cn2nnc4ccccc42)C(=O)C13. The average Bonchev–Trinajstić information content (AvgIpc) is 3.57. The number of cyclic esters (lactones) is 1. The van der Waals surface area contributed by atoms with Crippen molar-refractivity contribution in [2.45, 2.75) is 70.0 Å². The summed E-state index contributed by atoms with van der Waals surface area (Å²) in [5.74, 6) is -3.14. The van der Waals surface area contributed by atoms with Crippen LogP contribution in [0.5, 0.6) is 0 Å². The molecule has 0 bridgehead atoms. The van der Waals surface area contributed by atoms with Gasteiger partial charge in [0.2, 0.25) is 5.91 Å². The summed E-state index contributed by atoms with van der Waals surface area (Å²) < 4.78 is 14.0. The van der Waals surface area contributed by atoms with E-state index in [0.29, 0.717) is 11.9 Å². The number of ether oxygens (including phenoxy) is 2. The third kappa shape index (κ3) is 4.46. The maximum Gasteiger partial charge on any atom is 0.312 e. The van der Waals surface area contributed by atoms with Crippen LogP contribution >= 0.6 is 0 Å². The van der Waals surface area contributed by atoms with Crippen molar-refractivity contribution in [3.8, 4) is 0 Å². The lowest BCUT2D eigenvalue weighted by molar-refractivity contribution is -0.157. The van der Waals surface area contributed by atoms with Crippen molar-refractivity contribution < 1.29 is 29.0 Å². The lowest BCUT2D eigenvalue weighted by Gasteiger charge is -2.40. The van der Waals surface area contributed by atoms with Crippen molar-refractivity contribution in [3.63, 3.8) is 0 Å². The van der Waals surface area contributed by atoms with E-state index >= 15 is 0 Å². The van der Waals surface area contributed by atoms with Gasteiger partial charge in [-0.05, 0) is 37.3 Å². The van der Waals surface area contributed by atoms with Gasteiger partial charge in [-0.1, -0.05) is 61.9 Å². The van der Waals surface area contributed by atoms with Crippen LogP contribution in [-0.4, -0.2) is 91.2 Å². The molecular formula is C30H37N5O6. The van der Waals surface area contributed by atoms with Gasteiger partial charge in [0.1, 0.15) is 29.7 Å². The Hall–Kier alpha value is -3.57. The molecule has 11 nitrogen and oxygen atoms in total. The number of rotatable bonds is 6. The van der Waals surface area contributed by atoms with Crippen LogP contribution in [0.2, 0.25) is 0 Å². The standard InChI is InChI=1S/C30H37N5O6/c1-3-19(2)22(17-36)35-26-28(38)33(18-34-21-12-8-7-11-20(21)31-32-34)15-10-14-30(26)25(27(35)37)24-23(41-30)13-6-4-5-9-16-40-29(24)39/h6-8,10-14,19,22-26,36H,3-5,9,15-18H2,1-2H3/b13-6-/t19-,22-,23-,24+,25-,26?,30-/m0/s1. The number of esters is 1. The van der Waals surface area contributed by atoms with Crippen LogP contribution in [0.15, 0.2) is 48.6 Å². The fourth-order valence-electron chi connectivity index (χ4n) is 6.88. The van der Waals surface area contributed by atoms with Crippen molar-refractivity contribution in [1.29, 1.82) is 0 Å². The highest BCUT2D eigenvalue weighted by Gasteiger charge is 2.72. The lowest BCUT2D eigenvalue weighted by Crippen LogP contribution is -2.59. The van der Waals surface area contributed by atoms with Crippen molar-refractivity contribution in [3.05, 3.63) is 48.6 Å². The minimum Gasteiger partial charge on any atom is -0.465 e. The molecule has 0 saturated carbocycles. The van der Waals surface area contributed by atoms with E-state index in [4.69, 9.17) is 9.47 Å². The normalized spacial score (nSPS) is 32.2. The molecule has 2 amide bonds. The van der Waals surface area contributed by atoms with Gasteiger partial charge in [0.15, 0.2) is 0 Å². The summed E-state index contributed by atoms with van der Waals surface area (Å²) in [5, 5.41) is 19.0. The molecule has 0 aliphatic carbocycles. The summed E-state index contributed by atoms with van der Waals surface area (Å²) in [7, 11) is 0. The number of aromatic nitrogens is 3. The molecule has 4 aliphatic rings. The number of likely N-dealkylation sites (tertiary alicyclic amines) is 1. The average molecular weight is 564 g/mol. The van der Waals surface area contributed by atoms with Crippen molar-refractivity contribution >= 4 is 28.8 Å². The van der Waals surface area contributed by atoms with Gasteiger partial charge in [0.05, 0.1) is 36.8 Å². The van der Waals surface area contributed by atoms with Crippen LogP contribution in [0.1, 0.15) is 39.5 Å². The van der Waals surface area contributed by atoms with E-state index < -0.39 is 41.6 Å². The van der Waals surface area contributed by atoms with Crippen LogP contribution in [0, 0.1) is 17.8 Å². The molecule has 11 heteroatoms. The first-order chi connectivity index (χ1) is 19.9. The summed E-state index contributed by atoms with van der Waals surface area (Å²) in [6, 6.07) is 5.81. The van der Waals surface area contributed by atoms with E-state index in [0.717, 1.165) is 24.8 Å².